The van der Waals surface area contributed by atoms with Crippen LogP contribution < -0.4 is 0 Å². The van der Waals surface area contributed by atoms with E-state index in [-0.39, 0.29) is 0 Å². The number of thiazole rings is 1. The number of fused-ring (bicyclic) bond motifs is 1. The fourth-order valence-corrected chi connectivity index (χ4v) is 4.07. The summed E-state index contributed by atoms with van der Waals surface area (Å²) in [5.41, 5.74) is 1.94. The summed E-state index contributed by atoms with van der Waals surface area (Å²) < 4.78 is 7.95. The Morgan fingerprint density at radius 2 is 1.84 bits per heavy atom. The molecule has 0 saturated heterocycles. The number of halogens is 1. The van der Waals surface area contributed by atoms with E-state index in [2.05, 4.69) is 42.1 Å². The van der Waals surface area contributed by atoms with E-state index in [1.165, 1.54) is 4.70 Å². The summed E-state index contributed by atoms with van der Waals surface area (Å²) in [7, 11) is 2.02. The van der Waals surface area contributed by atoms with Crippen molar-refractivity contribution < 1.29 is 4.42 Å². The number of hydrogen-bond acceptors (Lipinski definition) is 6. The maximum Gasteiger partial charge on any atom is 0.248 e. The molecule has 0 unspecified atom stereocenters. The minimum Gasteiger partial charge on any atom is -0.419 e. The highest BCUT2D eigenvalue weighted by molar-refractivity contribution is 9.10. The van der Waals surface area contributed by atoms with Crippen LogP contribution in [0.2, 0.25) is 0 Å². The van der Waals surface area contributed by atoms with Crippen LogP contribution in [0.4, 0.5) is 0 Å². The fourth-order valence-electron chi connectivity index (χ4n) is 2.57. The first-order valence-corrected chi connectivity index (χ1v) is 9.40. The van der Waals surface area contributed by atoms with Gasteiger partial charge in [0.05, 0.1) is 28.9 Å². The highest BCUT2D eigenvalue weighted by Crippen LogP contribution is 2.27. The van der Waals surface area contributed by atoms with Crippen molar-refractivity contribution in [3.05, 3.63) is 63.9 Å². The minimum atomic E-state index is 0.524. The molecule has 0 bridgehead atoms. The molecule has 0 atom stereocenters. The molecular weight excluding hydrogens is 400 g/mol. The molecule has 0 N–H and O–H groups in total. The third kappa shape index (κ3) is 3.63. The van der Waals surface area contributed by atoms with E-state index < -0.39 is 0 Å². The molecule has 25 heavy (non-hydrogen) atoms. The van der Waals surface area contributed by atoms with Crippen LogP contribution in [0.25, 0.3) is 21.7 Å². The van der Waals surface area contributed by atoms with Gasteiger partial charge >= 0.3 is 0 Å². The van der Waals surface area contributed by atoms with Gasteiger partial charge in [-0.25, -0.2) is 4.98 Å². The molecule has 2 aromatic heterocycles. The Kier molecular flexibility index (Phi) is 4.61. The molecular formula is C18H15BrN4OS. The Balaban J connectivity index is 1.46. The molecule has 126 valence electrons. The first-order chi connectivity index (χ1) is 12.2. The van der Waals surface area contributed by atoms with Crippen molar-refractivity contribution in [1.82, 2.24) is 20.1 Å². The number of nitrogens with zero attached hydrogens (tertiary/aromatic N) is 4. The lowest BCUT2D eigenvalue weighted by Gasteiger charge is -2.11. The molecule has 2 aromatic carbocycles. The van der Waals surface area contributed by atoms with Gasteiger partial charge in [0.25, 0.3) is 0 Å². The topological polar surface area (TPSA) is 55.1 Å². The number of para-hydroxylation sites is 1. The molecule has 0 spiro atoms. The summed E-state index contributed by atoms with van der Waals surface area (Å²) >= 11 is 5.22. The van der Waals surface area contributed by atoms with Gasteiger partial charge in [-0.2, -0.15) is 0 Å². The fraction of sp³-hybridized carbons (Fsp3) is 0.167. The van der Waals surface area contributed by atoms with Gasteiger partial charge in [-0.15, -0.1) is 21.5 Å². The van der Waals surface area contributed by atoms with Crippen LogP contribution in [0.1, 0.15) is 10.9 Å². The second-order valence-corrected chi connectivity index (χ2v) is 7.70. The number of benzene rings is 2. The maximum atomic E-state index is 5.81. The second-order valence-electron chi connectivity index (χ2n) is 5.73. The van der Waals surface area contributed by atoms with Gasteiger partial charge in [-0.05, 0) is 47.2 Å². The van der Waals surface area contributed by atoms with Gasteiger partial charge < -0.3 is 4.42 Å². The van der Waals surface area contributed by atoms with Crippen LogP contribution in [-0.2, 0) is 13.1 Å². The maximum absolute atomic E-state index is 5.81. The molecule has 0 amide bonds. The third-order valence-corrected chi connectivity index (χ3v) is 5.43. The van der Waals surface area contributed by atoms with Crippen LogP contribution in [0.15, 0.2) is 57.4 Å². The molecule has 0 fully saturated rings. The van der Waals surface area contributed by atoms with Crippen molar-refractivity contribution in [3.8, 4) is 11.5 Å². The first-order valence-electron chi connectivity index (χ1n) is 7.79. The lowest BCUT2D eigenvalue weighted by Crippen LogP contribution is -2.17. The average Bonchev–Trinajstić information content (AvgIpc) is 3.21. The van der Waals surface area contributed by atoms with Crippen molar-refractivity contribution >= 4 is 37.5 Å². The number of hydrogen-bond donors (Lipinski definition) is 0. The molecule has 0 aliphatic heterocycles. The number of aromatic nitrogens is 3. The van der Waals surface area contributed by atoms with Crippen LogP contribution in [0, 0.1) is 0 Å². The molecule has 4 rings (SSSR count). The standard InChI is InChI=1S/C18H15BrN4OS/c1-23(11-17-20-14-8-4-5-9-15(14)25-17)10-16-21-22-18(24-16)12-6-2-3-7-13(12)19/h2-9H,10-11H2,1H3. The van der Waals surface area contributed by atoms with Crippen molar-refractivity contribution in [2.24, 2.45) is 0 Å². The zero-order valence-electron chi connectivity index (χ0n) is 13.5. The average molecular weight is 415 g/mol. The van der Waals surface area contributed by atoms with E-state index in [0.29, 0.717) is 18.3 Å². The van der Waals surface area contributed by atoms with Crippen LogP contribution in [-0.4, -0.2) is 27.1 Å². The van der Waals surface area contributed by atoms with Gasteiger partial charge in [0.2, 0.25) is 11.8 Å². The predicted octanol–water partition coefficient (Wildman–Crippen LogP) is 4.74. The Morgan fingerprint density at radius 1 is 1.04 bits per heavy atom. The summed E-state index contributed by atoms with van der Waals surface area (Å²) in [5.74, 6) is 1.12. The molecule has 5 nitrogen and oxygen atoms in total. The Morgan fingerprint density at radius 3 is 2.68 bits per heavy atom. The summed E-state index contributed by atoms with van der Waals surface area (Å²) in [6, 6.07) is 16.0. The largest absolute Gasteiger partial charge is 0.419 e. The van der Waals surface area contributed by atoms with Gasteiger partial charge in [0.1, 0.15) is 5.01 Å². The molecule has 0 saturated carbocycles. The SMILES string of the molecule is CN(Cc1nnc(-c2ccccc2Br)o1)Cc1nc2ccccc2s1. The lowest BCUT2D eigenvalue weighted by atomic mass is 10.2. The zero-order chi connectivity index (χ0) is 17.2. The Hall–Kier alpha value is -2.09. The van der Waals surface area contributed by atoms with Gasteiger partial charge in [-0.1, -0.05) is 24.3 Å². The molecule has 7 heteroatoms. The third-order valence-electron chi connectivity index (χ3n) is 3.72. The van der Waals surface area contributed by atoms with Crippen LogP contribution >= 0.6 is 27.3 Å². The van der Waals surface area contributed by atoms with Crippen LogP contribution in [0.3, 0.4) is 0 Å². The zero-order valence-corrected chi connectivity index (χ0v) is 15.9. The second kappa shape index (κ2) is 7.03. The highest BCUT2D eigenvalue weighted by Gasteiger charge is 2.14. The normalized spacial score (nSPS) is 11.5. The van der Waals surface area contributed by atoms with E-state index in [4.69, 9.17) is 4.42 Å². The van der Waals surface area contributed by atoms with Gasteiger partial charge in [-0.3, -0.25) is 4.90 Å². The minimum absolute atomic E-state index is 0.524. The molecule has 0 aliphatic rings. The Labute approximate surface area is 157 Å². The molecule has 2 heterocycles. The lowest BCUT2D eigenvalue weighted by molar-refractivity contribution is 0.282. The summed E-state index contributed by atoms with van der Waals surface area (Å²) in [5, 5.41) is 9.40. The van der Waals surface area contributed by atoms with Crippen molar-refractivity contribution in [2.75, 3.05) is 7.05 Å². The van der Waals surface area contributed by atoms with Crippen molar-refractivity contribution in [3.63, 3.8) is 0 Å². The van der Waals surface area contributed by atoms with Gasteiger partial charge in [0.15, 0.2) is 0 Å². The first kappa shape index (κ1) is 16.4. The monoisotopic (exact) mass is 414 g/mol. The van der Waals surface area contributed by atoms with E-state index in [0.717, 1.165) is 27.1 Å². The predicted molar refractivity (Wildman–Crippen MR) is 102 cm³/mol. The van der Waals surface area contributed by atoms with Crippen molar-refractivity contribution in [1.29, 1.82) is 0 Å². The highest BCUT2D eigenvalue weighted by atomic mass is 79.9. The summed E-state index contributed by atoms with van der Waals surface area (Å²) in [6.45, 7) is 1.32. The Bertz CT molecular complexity index is 980. The van der Waals surface area contributed by atoms with Crippen molar-refractivity contribution in [2.45, 2.75) is 13.1 Å². The van der Waals surface area contributed by atoms with E-state index >= 15 is 0 Å². The van der Waals surface area contributed by atoms with E-state index in [1.54, 1.807) is 11.3 Å². The van der Waals surface area contributed by atoms with Gasteiger partial charge in [0, 0.05) is 4.47 Å². The van der Waals surface area contributed by atoms with Crippen LogP contribution in [0.5, 0.6) is 0 Å². The molecule has 0 radical (unpaired) electrons. The van der Waals surface area contributed by atoms with E-state index in [9.17, 15) is 0 Å². The van der Waals surface area contributed by atoms with E-state index in [1.807, 2.05) is 49.5 Å². The quantitative estimate of drug-likeness (QED) is 0.471. The molecule has 4 aromatic rings. The smallest absolute Gasteiger partial charge is 0.248 e. The molecule has 0 aliphatic carbocycles. The summed E-state index contributed by atoms with van der Waals surface area (Å²) in [4.78, 5) is 6.78. The number of rotatable bonds is 5. The summed E-state index contributed by atoms with van der Waals surface area (Å²) in [6.07, 6.45) is 0.